The van der Waals surface area contributed by atoms with Gasteiger partial charge in [-0.1, -0.05) is 70.7 Å². The van der Waals surface area contributed by atoms with Crippen LogP contribution in [0.5, 0.6) is 11.5 Å². The van der Waals surface area contributed by atoms with Gasteiger partial charge < -0.3 is 35.4 Å². The maximum absolute atomic E-state index is 13.6. The summed E-state index contributed by atoms with van der Waals surface area (Å²) in [6, 6.07) is 21.7. The van der Waals surface area contributed by atoms with Crippen LogP contribution in [0.4, 0.5) is 16.2 Å². The summed E-state index contributed by atoms with van der Waals surface area (Å²) in [4.78, 5) is 51.5. The Kier molecular flexibility index (Phi) is 17.0. The first-order chi connectivity index (χ1) is 25.6. The maximum atomic E-state index is 13.6. The zero-order valence-corrected chi connectivity index (χ0v) is 33.2. The molecule has 13 nitrogen and oxygen atoms in total. The van der Waals surface area contributed by atoms with Crippen molar-refractivity contribution in [2.75, 3.05) is 44.5 Å². The smallest absolute Gasteiger partial charge is 0.335 e. The number of phenols is 1. The number of amides is 4. The lowest BCUT2D eigenvalue weighted by Crippen LogP contribution is -2.45. The van der Waals surface area contributed by atoms with Crippen LogP contribution in [0, 0.1) is 0 Å². The Hall–Kier alpha value is -4.41. The highest BCUT2D eigenvalue weighted by Gasteiger charge is 2.40. The Balaban J connectivity index is 0.000000271. The molecule has 4 aromatic rings. The van der Waals surface area contributed by atoms with E-state index < -0.39 is 24.0 Å². The van der Waals surface area contributed by atoms with Gasteiger partial charge in [0.1, 0.15) is 11.5 Å². The van der Waals surface area contributed by atoms with Gasteiger partial charge in [-0.05, 0) is 74.3 Å². The van der Waals surface area contributed by atoms with E-state index in [1.54, 1.807) is 35.9 Å². The zero-order valence-electron chi connectivity index (χ0n) is 29.3. The Morgan fingerprint density at radius 2 is 1.59 bits per heavy atom. The maximum Gasteiger partial charge on any atom is 0.335 e. The van der Waals surface area contributed by atoms with E-state index >= 15 is 0 Å². The number of hydrogen-bond acceptors (Lipinski definition) is 10. The number of halogens is 4. The van der Waals surface area contributed by atoms with Gasteiger partial charge in [0.05, 0.1) is 38.7 Å². The minimum Gasteiger partial charge on any atom is -0.506 e. The van der Waals surface area contributed by atoms with Gasteiger partial charge in [0.2, 0.25) is 0 Å². The van der Waals surface area contributed by atoms with E-state index in [0.717, 1.165) is 21.9 Å². The molecule has 0 spiro atoms. The van der Waals surface area contributed by atoms with Crippen molar-refractivity contribution in [1.29, 1.82) is 0 Å². The number of urea groups is 1. The van der Waals surface area contributed by atoms with Crippen LogP contribution in [0.2, 0.25) is 20.1 Å². The second-order valence-electron chi connectivity index (χ2n) is 11.4. The molecular weight excluding hydrogens is 804 g/mol. The van der Waals surface area contributed by atoms with E-state index in [-0.39, 0.29) is 32.5 Å². The molecule has 0 aromatic heterocycles. The lowest BCUT2D eigenvalue weighted by Gasteiger charge is -2.28. The van der Waals surface area contributed by atoms with Gasteiger partial charge in [-0.15, -0.1) is 11.8 Å². The van der Waals surface area contributed by atoms with Crippen LogP contribution < -0.4 is 26.2 Å². The van der Waals surface area contributed by atoms with E-state index in [0.29, 0.717) is 28.8 Å². The number of primary amides is 1. The molecule has 4 aromatic carbocycles. The number of carbonyl (C=O) groups excluding carboxylic acids is 4. The van der Waals surface area contributed by atoms with E-state index in [2.05, 4.69) is 11.1 Å². The standard InChI is InChI=1S/C22H26N2O4S.C13H7Cl4NO2.CH4N2O2/c1-15(25)28-20-21(16-9-11-17(27-4)12-10-16)29-19-8-6-5-7-18(19)24(22(20)26)14-13-23(2)3;14-6-3-8(12(19)11(17)4-6)13(20)18-7-1-2-9(15)10(16)5-7;2-1(4)3-5/h5-12,20-21H,13-14H2,1-4H3;1-5,19H,(H,18,20);5H,(H3,2,3,4)/t20-,21+;;/m1../s1. The molecule has 54 heavy (non-hydrogen) atoms. The van der Waals surface area contributed by atoms with Crippen LogP contribution in [0.1, 0.15) is 28.1 Å². The summed E-state index contributed by atoms with van der Waals surface area (Å²) in [5.74, 6) is -0.851. The highest BCUT2D eigenvalue weighted by atomic mass is 35.5. The number of phenolic OH excluding ortho intramolecular Hbond substituents is 1. The topological polar surface area (TPSA) is 184 Å². The number of nitrogens with zero attached hydrogens (tertiary/aromatic N) is 2. The summed E-state index contributed by atoms with van der Waals surface area (Å²) in [7, 11) is 5.54. The molecular formula is C36H37Cl4N5O8S. The van der Waals surface area contributed by atoms with Crippen LogP contribution in [0.15, 0.2) is 83.8 Å². The van der Waals surface area contributed by atoms with Gasteiger partial charge in [0, 0.05) is 35.6 Å². The van der Waals surface area contributed by atoms with Crippen molar-refractivity contribution in [2.24, 2.45) is 5.73 Å². The average molecular weight is 842 g/mol. The molecule has 6 N–H and O–H groups in total. The molecule has 0 aliphatic carbocycles. The number of carbonyl (C=O) groups is 4. The largest absolute Gasteiger partial charge is 0.506 e. The van der Waals surface area contributed by atoms with Gasteiger partial charge in [-0.25, -0.2) is 10.3 Å². The van der Waals surface area contributed by atoms with Crippen molar-refractivity contribution >= 4 is 93.4 Å². The monoisotopic (exact) mass is 839 g/mol. The highest BCUT2D eigenvalue weighted by molar-refractivity contribution is 7.99. The average Bonchev–Trinajstić information content (AvgIpc) is 3.24. The Morgan fingerprint density at radius 1 is 0.944 bits per heavy atom. The number of thioether (sulfide) groups is 1. The second kappa shape index (κ2) is 20.9. The molecule has 2 atom stereocenters. The first kappa shape index (κ1) is 44.0. The number of esters is 1. The number of nitrogens with one attached hydrogen (secondary N) is 2. The van der Waals surface area contributed by atoms with E-state index in [4.69, 9.17) is 61.1 Å². The third-order valence-electron chi connectivity index (χ3n) is 7.26. The first-order valence-electron chi connectivity index (χ1n) is 15.7. The summed E-state index contributed by atoms with van der Waals surface area (Å²) < 4.78 is 10.8. The predicted octanol–water partition coefficient (Wildman–Crippen LogP) is 7.67. The summed E-state index contributed by atoms with van der Waals surface area (Å²) in [5, 5.41) is 20.3. The second-order valence-corrected chi connectivity index (χ2v) is 14.3. The molecule has 4 amide bonds. The summed E-state index contributed by atoms with van der Waals surface area (Å²) in [6.07, 6.45) is -0.916. The molecule has 0 saturated heterocycles. The van der Waals surface area contributed by atoms with Gasteiger partial charge in [0.25, 0.3) is 11.8 Å². The van der Waals surface area contributed by atoms with Crippen LogP contribution in [0.3, 0.4) is 0 Å². The quantitative estimate of drug-likeness (QED) is 0.0671. The number of benzene rings is 4. The molecule has 1 aliphatic rings. The Bertz CT molecular complexity index is 1960. The number of fused-ring (bicyclic) bond motifs is 1. The Morgan fingerprint density at radius 3 is 2.17 bits per heavy atom. The fraction of sp³-hybridized carbons (Fsp3) is 0.222. The molecule has 18 heteroatoms. The number of rotatable bonds is 8. The molecule has 1 aliphatic heterocycles. The van der Waals surface area contributed by atoms with Crippen molar-refractivity contribution in [3.05, 3.63) is 110 Å². The zero-order chi connectivity index (χ0) is 40.1. The fourth-order valence-electron chi connectivity index (χ4n) is 4.75. The minimum atomic E-state index is -0.940. The number of para-hydroxylation sites is 1. The number of ether oxygens (including phenoxy) is 2. The van der Waals surface area contributed by atoms with Crippen molar-refractivity contribution < 1.29 is 39.0 Å². The normalized spacial score (nSPS) is 14.6. The molecule has 1 heterocycles. The van der Waals surface area contributed by atoms with E-state index in [1.165, 1.54) is 30.6 Å². The molecule has 0 saturated carbocycles. The summed E-state index contributed by atoms with van der Waals surface area (Å²) in [5.41, 5.74) is 7.60. The molecule has 288 valence electrons. The number of aromatic hydroxyl groups is 1. The van der Waals surface area contributed by atoms with Crippen LogP contribution in [-0.4, -0.2) is 79.4 Å². The molecule has 0 radical (unpaired) electrons. The first-order valence-corrected chi connectivity index (χ1v) is 18.1. The SMILES string of the molecule is COc1ccc([C@@H]2Sc3ccccc3N(CCN(C)C)C(=O)[C@@H]2OC(C)=O)cc1.NC(=O)NO.O=C(Nc1ccc(Cl)c(Cl)c1)c1cc(Cl)cc(Cl)c1O. The van der Waals surface area contributed by atoms with Gasteiger partial charge in [-0.3, -0.25) is 19.6 Å². The third-order valence-corrected chi connectivity index (χ3v) is 9.88. The van der Waals surface area contributed by atoms with Crippen molar-refractivity contribution in [3.63, 3.8) is 0 Å². The summed E-state index contributed by atoms with van der Waals surface area (Å²) in [6.45, 7) is 2.55. The van der Waals surface area contributed by atoms with Crippen molar-refractivity contribution in [1.82, 2.24) is 10.4 Å². The number of likely N-dealkylation sites (N-methyl/N-ethyl adjacent to an activating group) is 1. The van der Waals surface area contributed by atoms with Gasteiger partial charge >= 0.3 is 12.0 Å². The number of nitrogens with two attached hydrogens (primary N) is 1. The van der Waals surface area contributed by atoms with Crippen LogP contribution in [-0.2, 0) is 14.3 Å². The highest BCUT2D eigenvalue weighted by Crippen LogP contribution is 2.47. The number of methoxy groups -OCH3 is 1. The third kappa shape index (κ3) is 12.6. The van der Waals surface area contributed by atoms with E-state index in [9.17, 15) is 24.3 Å². The predicted molar refractivity (Wildman–Crippen MR) is 212 cm³/mol. The lowest BCUT2D eigenvalue weighted by molar-refractivity contribution is -0.152. The number of hydroxylamine groups is 1. The summed E-state index contributed by atoms with van der Waals surface area (Å²) >= 11 is 24.7. The molecule has 0 fully saturated rings. The number of hydrogen-bond donors (Lipinski definition) is 5. The number of anilines is 2. The van der Waals surface area contributed by atoms with Crippen molar-refractivity contribution in [3.8, 4) is 11.5 Å². The van der Waals surface area contributed by atoms with Crippen molar-refractivity contribution in [2.45, 2.75) is 23.2 Å². The van der Waals surface area contributed by atoms with Gasteiger partial charge in [-0.2, -0.15) is 0 Å². The molecule has 0 bridgehead atoms. The molecule has 5 rings (SSSR count). The van der Waals surface area contributed by atoms with Crippen LogP contribution >= 0.6 is 58.2 Å². The Labute approximate surface area is 336 Å². The fourth-order valence-corrected chi connectivity index (χ4v) is 6.86. The molecule has 0 unspecified atom stereocenters. The van der Waals surface area contributed by atoms with E-state index in [1.807, 2.05) is 67.5 Å². The minimum absolute atomic E-state index is 0.00297. The lowest BCUT2D eigenvalue weighted by atomic mass is 10.1. The van der Waals surface area contributed by atoms with Crippen LogP contribution in [0.25, 0.3) is 0 Å². The van der Waals surface area contributed by atoms with Gasteiger partial charge in [0.15, 0.2) is 6.10 Å².